The Morgan fingerprint density at radius 2 is 1.24 bits per heavy atom. The largest absolute Gasteiger partial charge is 0.501 e. The van der Waals surface area contributed by atoms with Crippen LogP contribution in [-0.4, -0.2) is 29.4 Å². The maximum absolute atomic E-state index is 11.6. The molecule has 0 aliphatic carbocycles. The van der Waals surface area contributed by atoms with E-state index < -0.39 is 5.97 Å². The second-order valence-electron chi connectivity index (χ2n) is 7.97. The molecule has 5 heteroatoms. The van der Waals surface area contributed by atoms with Crippen LogP contribution >= 0.6 is 0 Å². The number of aliphatic hydroxyl groups excluding tert-OH is 2. The van der Waals surface area contributed by atoms with Gasteiger partial charge in [-0.1, -0.05) is 103 Å². The third-order valence-electron chi connectivity index (χ3n) is 5.36. The molecule has 0 aromatic heterocycles. The van der Waals surface area contributed by atoms with Crippen LogP contribution in [0.4, 0.5) is 0 Å². The summed E-state index contributed by atoms with van der Waals surface area (Å²) in [5, 5.41) is 18.6. The second-order valence-corrected chi connectivity index (χ2v) is 7.97. The molecule has 0 amide bonds. The van der Waals surface area contributed by atoms with Crippen LogP contribution in [0.3, 0.4) is 0 Å². The van der Waals surface area contributed by atoms with E-state index in [-0.39, 0.29) is 23.9 Å². The van der Waals surface area contributed by atoms with Gasteiger partial charge in [-0.05, 0) is 12.5 Å². The summed E-state index contributed by atoms with van der Waals surface area (Å²) in [5.41, 5.74) is 0. The fraction of sp³-hybridized carbons (Fsp3) is 0.792. The molecule has 0 aromatic rings. The lowest BCUT2D eigenvalue weighted by molar-refractivity contribution is -0.136. The third-order valence-corrected chi connectivity index (χ3v) is 5.36. The van der Waals surface area contributed by atoms with Crippen LogP contribution in [0, 0.1) is 0 Å². The lowest BCUT2D eigenvalue weighted by atomic mass is 10.0. The van der Waals surface area contributed by atoms with Gasteiger partial charge in [-0.25, -0.2) is 4.79 Å². The lowest BCUT2D eigenvalue weighted by Crippen LogP contribution is -2.04. The van der Waals surface area contributed by atoms with Gasteiger partial charge in [0.2, 0.25) is 5.76 Å². The Bertz CT molecular complexity index is 495. The topological polar surface area (TPSA) is 76.0 Å². The molecule has 168 valence electrons. The molecule has 0 atom stereocenters. The molecule has 0 radical (unpaired) electrons. The molecule has 0 saturated heterocycles. The zero-order valence-corrected chi connectivity index (χ0v) is 18.4. The highest BCUT2D eigenvalue weighted by Crippen LogP contribution is 2.25. The Labute approximate surface area is 177 Å². The van der Waals surface area contributed by atoms with Gasteiger partial charge in [-0.15, -0.1) is 0 Å². The van der Waals surface area contributed by atoms with Crippen molar-refractivity contribution in [2.24, 2.45) is 0 Å². The molecular weight excluding hydrogens is 368 g/mol. The SMILES string of the molecule is CCCCCCCCCCCCCCCCCCOC1=C(O)/C(=C/CO)OC1=O. The van der Waals surface area contributed by atoms with Gasteiger partial charge in [-0.2, -0.15) is 0 Å². The molecule has 5 nitrogen and oxygen atoms in total. The number of hydrogen-bond donors (Lipinski definition) is 2. The second kappa shape index (κ2) is 17.4. The average molecular weight is 411 g/mol. The number of ether oxygens (including phenoxy) is 2. The predicted molar refractivity (Wildman–Crippen MR) is 116 cm³/mol. The number of cyclic esters (lactones) is 1. The van der Waals surface area contributed by atoms with Gasteiger partial charge in [-0.3, -0.25) is 0 Å². The minimum absolute atomic E-state index is 0.0283. The molecule has 1 rings (SSSR count). The summed E-state index contributed by atoms with van der Waals surface area (Å²) in [6, 6.07) is 0. The first-order chi connectivity index (χ1) is 14.2. The molecule has 0 aromatic carbocycles. The molecule has 0 bridgehead atoms. The van der Waals surface area contributed by atoms with Crippen molar-refractivity contribution in [2.45, 2.75) is 110 Å². The van der Waals surface area contributed by atoms with Crippen LogP contribution in [0.25, 0.3) is 0 Å². The van der Waals surface area contributed by atoms with E-state index in [9.17, 15) is 9.90 Å². The highest BCUT2D eigenvalue weighted by atomic mass is 16.6. The summed E-state index contributed by atoms with van der Waals surface area (Å²) in [6.45, 7) is 2.35. The predicted octanol–water partition coefficient (Wildman–Crippen LogP) is 6.47. The Morgan fingerprint density at radius 3 is 1.69 bits per heavy atom. The Hall–Kier alpha value is -1.49. The van der Waals surface area contributed by atoms with Crippen molar-refractivity contribution in [3.8, 4) is 0 Å². The first-order valence-corrected chi connectivity index (χ1v) is 11.8. The maximum atomic E-state index is 11.6. The van der Waals surface area contributed by atoms with E-state index in [1.54, 1.807) is 0 Å². The number of rotatable bonds is 19. The van der Waals surface area contributed by atoms with Crippen molar-refractivity contribution < 1.29 is 24.5 Å². The van der Waals surface area contributed by atoms with Gasteiger partial charge in [0.05, 0.1) is 13.2 Å². The Morgan fingerprint density at radius 1 is 0.793 bits per heavy atom. The minimum atomic E-state index is -0.696. The number of unbranched alkanes of at least 4 members (excludes halogenated alkanes) is 15. The van der Waals surface area contributed by atoms with E-state index in [2.05, 4.69) is 6.92 Å². The van der Waals surface area contributed by atoms with E-state index in [1.165, 1.54) is 96.0 Å². The standard InChI is InChI=1S/C24H42O5/c1-2-3-4-5-6-7-8-9-10-11-12-13-14-15-16-17-20-28-23-22(26)21(18-19-25)29-24(23)27/h18,25-26H,2-17,19-20H2,1H3/b21-18-. The molecule has 29 heavy (non-hydrogen) atoms. The summed E-state index contributed by atoms with van der Waals surface area (Å²) < 4.78 is 10.2. The minimum Gasteiger partial charge on any atom is -0.501 e. The van der Waals surface area contributed by atoms with E-state index in [1.807, 2.05) is 0 Å². The third kappa shape index (κ3) is 11.9. The van der Waals surface area contributed by atoms with Crippen molar-refractivity contribution in [3.05, 3.63) is 23.4 Å². The monoisotopic (exact) mass is 410 g/mol. The van der Waals surface area contributed by atoms with Crippen LogP contribution in [-0.2, 0) is 14.3 Å². The molecule has 0 unspecified atom stereocenters. The first kappa shape index (κ1) is 25.5. The van der Waals surface area contributed by atoms with Crippen molar-refractivity contribution in [1.82, 2.24) is 0 Å². The zero-order chi connectivity index (χ0) is 21.2. The van der Waals surface area contributed by atoms with Gasteiger partial charge in [0, 0.05) is 0 Å². The molecule has 1 aliphatic heterocycles. The van der Waals surface area contributed by atoms with Gasteiger partial charge in [0.25, 0.3) is 5.76 Å². The highest BCUT2D eigenvalue weighted by molar-refractivity contribution is 5.91. The van der Waals surface area contributed by atoms with Crippen molar-refractivity contribution >= 4 is 5.97 Å². The quantitative estimate of drug-likeness (QED) is 0.189. The number of esters is 1. The Balaban J connectivity index is 1.86. The fourth-order valence-electron chi connectivity index (χ4n) is 3.58. The average Bonchev–Trinajstić information content (AvgIpc) is 2.98. The highest BCUT2D eigenvalue weighted by Gasteiger charge is 2.31. The molecule has 0 saturated carbocycles. The molecule has 1 heterocycles. The van der Waals surface area contributed by atoms with Gasteiger partial charge < -0.3 is 19.7 Å². The summed E-state index contributed by atoms with van der Waals surface area (Å²) >= 11 is 0. The van der Waals surface area contributed by atoms with E-state index in [0.29, 0.717) is 6.61 Å². The van der Waals surface area contributed by atoms with Crippen molar-refractivity contribution in [1.29, 1.82) is 0 Å². The smallest absolute Gasteiger partial charge is 0.383 e. The van der Waals surface area contributed by atoms with Crippen LogP contribution < -0.4 is 0 Å². The summed E-state index contributed by atoms with van der Waals surface area (Å²) in [5.74, 6) is -1.19. The number of hydrogen-bond acceptors (Lipinski definition) is 5. The lowest BCUT2D eigenvalue weighted by Gasteiger charge is -2.05. The van der Waals surface area contributed by atoms with Crippen LogP contribution in [0.1, 0.15) is 110 Å². The molecule has 0 fully saturated rings. The summed E-state index contributed by atoms with van der Waals surface area (Å²) in [4.78, 5) is 11.6. The van der Waals surface area contributed by atoms with Crippen LogP contribution in [0.5, 0.6) is 0 Å². The van der Waals surface area contributed by atoms with Gasteiger partial charge >= 0.3 is 5.97 Å². The number of carbonyl (C=O) groups is 1. The molecule has 2 N–H and O–H groups in total. The summed E-state index contributed by atoms with van der Waals surface area (Å²) in [6.07, 6.45) is 22.1. The van der Waals surface area contributed by atoms with Crippen LogP contribution in [0.2, 0.25) is 0 Å². The fourth-order valence-corrected chi connectivity index (χ4v) is 3.58. The van der Waals surface area contributed by atoms with Gasteiger partial charge in [0.1, 0.15) is 0 Å². The van der Waals surface area contributed by atoms with E-state index >= 15 is 0 Å². The summed E-state index contributed by atoms with van der Waals surface area (Å²) in [7, 11) is 0. The maximum Gasteiger partial charge on any atom is 0.383 e. The zero-order valence-electron chi connectivity index (χ0n) is 18.4. The molecule has 0 spiro atoms. The van der Waals surface area contributed by atoms with Crippen molar-refractivity contribution in [2.75, 3.05) is 13.2 Å². The van der Waals surface area contributed by atoms with E-state index in [0.717, 1.165) is 12.8 Å². The molecule has 1 aliphatic rings. The number of carbonyl (C=O) groups excluding carboxylic acids is 1. The van der Waals surface area contributed by atoms with E-state index in [4.69, 9.17) is 14.6 Å². The number of aliphatic hydroxyl groups is 2. The van der Waals surface area contributed by atoms with Crippen LogP contribution in [0.15, 0.2) is 23.4 Å². The van der Waals surface area contributed by atoms with Gasteiger partial charge in [0.15, 0.2) is 5.76 Å². The first-order valence-electron chi connectivity index (χ1n) is 11.8. The molecular formula is C24H42O5. The Kier molecular flexibility index (Phi) is 15.3. The van der Waals surface area contributed by atoms with Crippen molar-refractivity contribution in [3.63, 3.8) is 0 Å². The normalized spacial score (nSPS) is 15.4.